The van der Waals surface area contributed by atoms with Crippen molar-refractivity contribution in [3.05, 3.63) is 64.8 Å². The van der Waals surface area contributed by atoms with Gasteiger partial charge in [-0.15, -0.1) is 11.3 Å². The van der Waals surface area contributed by atoms with Crippen LogP contribution < -0.4 is 5.32 Å². The Morgan fingerprint density at radius 3 is 2.63 bits per heavy atom. The van der Waals surface area contributed by atoms with E-state index in [4.69, 9.17) is 0 Å². The number of aromatic nitrogens is 3. The largest absolute Gasteiger partial charge is 0.324 e. The molecule has 1 amide bonds. The van der Waals surface area contributed by atoms with Crippen LogP contribution in [0.15, 0.2) is 48.0 Å². The van der Waals surface area contributed by atoms with Crippen molar-refractivity contribution in [2.24, 2.45) is 0 Å². The van der Waals surface area contributed by atoms with Crippen molar-refractivity contribution in [2.75, 3.05) is 5.32 Å². The first-order chi connectivity index (χ1) is 13.0. The molecule has 0 saturated carbocycles. The number of nitrogens with zero attached hydrogens (tertiary/aromatic N) is 3. The van der Waals surface area contributed by atoms with Gasteiger partial charge in [-0.05, 0) is 61.5 Å². The number of anilines is 1. The van der Waals surface area contributed by atoms with E-state index in [-0.39, 0.29) is 12.5 Å². The first-order valence-electron chi connectivity index (χ1n) is 8.75. The highest BCUT2D eigenvalue weighted by Gasteiger charge is 2.16. The Kier molecular flexibility index (Phi) is 4.49. The molecule has 0 aliphatic carbocycles. The van der Waals surface area contributed by atoms with Crippen LogP contribution in [0.2, 0.25) is 0 Å². The average molecular weight is 376 g/mol. The summed E-state index contributed by atoms with van der Waals surface area (Å²) in [6.45, 7) is 6.11. The predicted octanol–water partition coefficient (Wildman–Crippen LogP) is 4.72. The van der Waals surface area contributed by atoms with Crippen LogP contribution in [0.3, 0.4) is 0 Å². The molecule has 0 aliphatic heterocycles. The summed E-state index contributed by atoms with van der Waals surface area (Å²) in [5, 5.41) is 10.6. The second-order valence-corrected chi connectivity index (χ2v) is 7.65. The second-order valence-electron chi connectivity index (χ2n) is 6.70. The van der Waals surface area contributed by atoms with Gasteiger partial charge >= 0.3 is 0 Å². The van der Waals surface area contributed by atoms with Gasteiger partial charge in [0.15, 0.2) is 5.65 Å². The number of amides is 1. The third-order valence-electron chi connectivity index (χ3n) is 4.39. The Labute approximate surface area is 161 Å². The lowest BCUT2D eigenvalue weighted by molar-refractivity contribution is -0.116. The van der Waals surface area contributed by atoms with Crippen molar-refractivity contribution in [2.45, 2.75) is 27.3 Å². The molecule has 4 aromatic rings. The second kappa shape index (κ2) is 6.96. The molecule has 27 heavy (non-hydrogen) atoms. The molecule has 0 saturated heterocycles. The SMILES string of the molecule is Cc1cc(C)cc(NC(=O)Cn2nc(C)c3c(-c4cccs4)ccnc32)c1. The maximum atomic E-state index is 12.6. The lowest BCUT2D eigenvalue weighted by atomic mass is 10.1. The number of rotatable bonds is 4. The van der Waals surface area contributed by atoms with Crippen molar-refractivity contribution in [3.63, 3.8) is 0 Å². The van der Waals surface area contributed by atoms with E-state index in [9.17, 15) is 4.79 Å². The molecule has 0 aliphatic rings. The Morgan fingerprint density at radius 2 is 1.93 bits per heavy atom. The normalized spacial score (nSPS) is 11.1. The zero-order valence-corrected chi connectivity index (χ0v) is 16.3. The number of hydrogen-bond donors (Lipinski definition) is 1. The quantitative estimate of drug-likeness (QED) is 0.560. The summed E-state index contributed by atoms with van der Waals surface area (Å²) in [4.78, 5) is 18.2. The van der Waals surface area contributed by atoms with E-state index in [2.05, 4.69) is 32.9 Å². The van der Waals surface area contributed by atoms with Gasteiger partial charge < -0.3 is 5.32 Å². The van der Waals surface area contributed by atoms with Crippen LogP contribution in [0.25, 0.3) is 21.5 Å². The Bertz CT molecular complexity index is 1110. The van der Waals surface area contributed by atoms with Crippen molar-refractivity contribution in [1.82, 2.24) is 14.8 Å². The fourth-order valence-electron chi connectivity index (χ4n) is 3.41. The van der Waals surface area contributed by atoms with Crippen LogP contribution in [0.5, 0.6) is 0 Å². The van der Waals surface area contributed by atoms with Crippen molar-refractivity contribution in [1.29, 1.82) is 0 Å². The maximum Gasteiger partial charge on any atom is 0.246 e. The van der Waals surface area contributed by atoms with E-state index in [1.165, 1.54) is 4.88 Å². The number of pyridine rings is 1. The summed E-state index contributed by atoms with van der Waals surface area (Å²) in [7, 11) is 0. The molecule has 0 unspecified atom stereocenters. The number of fused-ring (bicyclic) bond motifs is 1. The van der Waals surface area contributed by atoms with Gasteiger partial charge in [0.05, 0.1) is 11.1 Å². The van der Waals surface area contributed by atoms with Crippen LogP contribution in [0.1, 0.15) is 16.8 Å². The first kappa shape index (κ1) is 17.4. The third-order valence-corrected chi connectivity index (χ3v) is 5.30. The van der Waals surface area contributed by atoms with Gasteiger partial charge in [-0.2, -0.15) is 5.10 Å². The molecule has 0 bridgehead atoms. The van der Waals surface area contributed by atoms with Gasteiger partial charge in [0.25, 0.3) is 0 Å². The lowest BCUT2D eigenvalue weighted by Gasteiger charge is -2.08. The van der Waals surface area contributed by atoms with Gasteiger partial charge in [0.2, 0.25) is 5.91 Å². The molecule has 0 radical (unpaired) electrons. The van der Waals surface area contributed by atoms with E-state index in [1.54, 1.807) is 22.2 Å². The van der Waals surface area contributed by atoms with Gasteiger partial charge in [0.1, 0.15) is 6.54 Å². The smallest absolute Gasteiger partial charge is 0.246 e. The summed E-state index contributed by atoms with van der Waals surface area (Å²) in [6.07, 6.45) is 1.77. The fraction of sp³-hybridized carbons (Fsp3) is 0.190. The molecule has 3 aromatic heterocycles. The van der Waals surface area contributed by atoms with Gasteiger partial charge in [-0.3, -0.25) is 4.79 Å². The molecule has 4 rings (SSSR count). The maximum absolute atomic E-state index is 12.6. The van der Waals surface area contributed by atoms with E-state index in [0.29, 0.717) is 0 Å². The van der Waals surface area contributed by atoms with Crippen LogP contribution in [-0.2, 0) is 11.3 Å². The standard InChI is InChI=1S/C21H20N4OS/c1-13-9-14(2)11-16(10-13)23-19(26)12-25-21-20(15(3)24-25)17(6-7-22-21)18-5-4-8-27-18/h4-11H,12H2,1-3H3,(H,23,26). The Hall–Kier alpha value is -2.99. The van der Waals surface area contributed by atoms with Crippen LogP contribution in [-0.4, -0.2) is 20.7 Å². The molecule has 0 atom stereocenters. The average Bonchev–Trinajstić information content (AvgIpc) is 3.23. The summed E-state index contributed by atoms with van der Waals surface area (Å²) in [6, 6.07) is 12.1. The number of thiophene rings is 1. The van der Waals surface area contributed by atoms with Crippen molar-refractivity contribution in [3.8, 4) is 10.4 Å². The number of carbonyl (C=O) groups is 1. The fourth-order valence-corrected chi connectivity index (χ4v) is 4.17. The molecule has 0 fully saturated rings. The zero-order valence-electron chi connectivity index (χ0n) is 15.5. The number of benzene rings is 1. The van der Waals surface area contributed by atoms with Crippen LogP contribution in [0, 0.1) is 20.8 Å². The molecular weight excluding hydrogens is 356 g/mol. The summed E-state index contributed by atoms with van der Waals surface area (Å²) >= 11 is 1.68. The number of nitrogens with one attached hydrogen (secondary N) is 1. The summed E-state index contributed by atoms with van der Waals surface area (Å²) in [5.41, 5.74) is 5.75. The van der Waals surface area contributed by atoms with Crippen molar-refractivity contribution < 1.29 is 4.79 Å². The number of carbonyl (C=O) groups excluding carboxylic acids is 1. The van der Waals surface area contributed by atoms with Crippen molar-refractivity contribution >= 4 is 34.0 Å². The number of aryl methyl sites for hydroxylation is 3. The molecule has 0 spiro atoms. The van der Waals surface area contributed by atoms with E-state index in [1.807, 2.05) is 45.0 Å². The molecule has 3 heterocycles. The van der Waals surface area contributed by atoms with Gasteiger partial charge in [-0.1, -0.05) is 12.1 Å². The Morgan fingerprint density at radius 1 is 1.15 bits per heavy atom. The van der Waals surface area contributed by atoms with Gasteiger partial charge in [0, 0.05) is 22.3 Å². The topological polar surface area (TPSA) is 59.8 Å². The summed E-state index contributed by atoms with van der Waals surface area (Å²) < 4.78 is 1.68. The minimum Gasteiger partial charge on any atom is -0.324 e. The third kappa shape index (κ3) is 3.48. The van der Waals surface area contributed by atoms with Crippen LogP contribution in [0.4, 0.5) is 5.69 Å². The highest BCUT2D eigenvalue weighted by Crippen LogP contribution is 2.32. The highest BCUT2D eigenvalue weighted by molar-refractivity contribution is 7.13. The monoisotopic (exact) mass is 376 g/mol. The van der Waals surface area contributed by atoms with Gasteiger partial charge in [-0.25, -0.2) is 9.67 Å². The van der Waals surface area contributed by atoms with E-state index < -0.39 is 0 Å². The van der Waals surface area contributed by atoms with E-state index >= 15 is 0 Å². The zero-order chi connectivity index (χ0) is 19.0. The molecule has 1 aromatic carbocycles. The predicted molar refractivity (Wildman–Crippen MR) is 110 cm³/mol. The highest BCUT2D eigenvalue weighted by atomic mass is 32.1. The molecule has 5 nitrogen and oxygen atoms in total. The Balaban J connectivity index is 1.64. The minimum atomic E-state index is -0.118. The molecular formula is C21H20N4OS. The minimum absolute atomic E-state index is 0.118. The lowest BCUT2D eigenvalue weighted by Crippen LogP contribution is -2.20. The van der Waals surface area contributed by atoms with Crippen LogP contribution >= 0.6 is 11.3 Å². The number of hydrogen-bond acceptors (Lipinski definition) is 4. The first-order valence-corrected chi connectivity index (χ1v) is 9.63. The molecule has 6 heteroatoms. The molecule has 136 valence electrons. The van der Waals surface area contributed by atoms with E-state index in [0.717, 1.165) is 39.1 Å². The summed E-state index contributed by atoms with van der Waals surface area (Å²) in [5.74, 6) is -0.118. The molecule has 1 N–H and O–H groups in total.